The number of aromatic nitrogens is 1. The van der Waals surface area contributed by atoms with E-state index in [4.69, 9.17) is 15.0 Å². The molecular formula is C15H18N4O4S. The molecule has 0 aliphatic heterocycles. The summed E-state index contributed by atoms with van der Waals surface area (Å²) in [4.78, 5) is 23.6. The summed E-state index contributed by atoms with van der Waals surface area (Å²) in [6.45, 7) is 1.73. The Balaban J connectivity index is 1.76. The van der Waals surface area contributed by atoms with E-state index >= 15 is 0 Å². The standard InChI is InChI=1S/C15H18N4O4S/c1-9-5-13(19-23-9)18-15(21)8-24-7-14(20)17-12-6-10(22-2)3-4-11(12)16/h3-6H,7-8,16H2,1-2H3,(H,17,20)(H,18,19,21). The fraction of sp³-hybridized carbons (Fsp3) is 0.267. The van der Waals surface area contributed by atoms with Crippen LogP contribution >= 0.6 is 11.8 Å². The van der Waals surface area contributed by atoms with Gasteiger partial charge in [0, 0.05) is 12.1 Å². The number of nitrogens with two attached hydrogens (primary N) is 1. The molecule has 0 atom stereocenters. The number of carbonyl (C=O) groups excluding carboxylic acids is 2. The van der Waals surface area contributed by atoms with Crippen molar-refractivity contribution in [3.8, 4) is 5.75 Å². The zero-order valence-electron chi connectivity index (χ0n) is 13.3. The van der Waals surface area contributed by atoms with Crippen molar-refractivity contribution in [1.82, 2.24) is 5.16 Å². The summed E-state index contributed by atoms with van der Waals surface area (Å²) >= 11 is 1.18. The topological polar surface area (TPSA) is 119 Å². The maximum absolute atomic E-state index is 11.9. The summed E-state index contributed by atoms with van der Waals surface area (Å²) in [5, 5.41) is 8.92. The molecule has 0 fully saturated rings. The molecule has 1 aromatic heterocycles. The Bertz CT molecular complexity index is 732. The fourth-order valence-electron chi connectivity index (χ4n) is 1.80. The molecule has 0 bridgehead atoms. The highest BCUT2D eigenvalue weighted by Crippen LogP contribution is 2.24. The van der Waals surface area contributed by atoms with Gasteiger partial charge in [-0.15, -0.1) is 11.8 Å². The number of rotatable bonds is 7. The molecule has 4 N–H and O–H groups in total. The number of nitrogens with one attached hydrogen (secondary N) is 2. The molecule has 2 amide bonds. The van der Waals surface area contributed by atoms with Crippen LogP contribution in [0, 0.1) is 6.92 Å². The van der Waals surface area contributed by atoms with Crippen molar-refractivity contribution >= 4 is 40.8 Å². The van der Waals surface area contributed by atoms with Crippen LogP contribution in [-0.2, 0) is 9.59 Å². The van der Waals surface area contributed by atoms with Crippen molar-refractivity contribution < 1.29 is 18.8 Å². The molecule has 8 nitrogen and oxygen atoms in total. The van der Waals surface area contributed by atoms with Crippen LogP contribution in [0.4, 0.5) is 17.2 Å². The molecule has 128 valence electrons. The van der Waals surface area contributed by atoms with Crippen LogP contribution in [0.5, 0.6) is 5.75 Å². The van der Waals surface area contributed by atoms with Gasteiger partial charge in [-0.2, -0.15) is 0 Å². The van der Waals surface area contributed by atoms with Gasteiger partial charge in [-0.3, -0.25) is 9.59 Å². The average Bonchev–Trinajstić information content (AvgIpc) is 2.94. The van der Waals surface area contributed by atoms with Crippen molar-refractivity contribution in [2.75, 3.05) is 35.0 Å². The van der Waals surface area contributed by atoms with Crippen molar-refractivity contribution in [1.29, 1.82) is 0 Å². The van der Waals surface area contributed by atoms with E-state index in [9.17, 15) is 9.59 Å². The monoisotopic (exact) mass is 350 g/mol. The Kier molecular flexibility index (Phi) is 6.07. The van der Waals surface area contributed by atoms with E-state index in [0.29, 0.717) is 28.7 Å². The third kappa shape index (κ3) is 5.20. The van der Waals surface area contributed by atoms with Crippen molar-refractivity contribution in [2.24, 2.45) is 0 Å². The minimum Gasteiger partial charge on any atom is -0.497 e. The molecule has 0 spiro atoms. The van der Waals surface area contributed by atoms with Crippen LogP contribution in [0.1, 0.15) is 5.76 Å². The SMILES string of the molecule is COc1ccc(N)c(NC(=O)CSCC(=O)Nc2cc(C)on2)c1. The number of thioether (sulfide) groups is 1. The zero-order valence-corrected chi connectivity index (χ0v) is 14.1. The van der Waals surface area contributed by atoms with Gasteiger partial charge in [0.15, 0.2) is 5.82 Å². The van der Waals surface area contributed by atoms with Crippen LogP contribution in [0.15, 0.2) is 28.8 Å². The first-order valence-corrected chi connectivity index (χ1v) is 8.17. The lowest BCUT2D eigenvalue weighted by molar-refractivity contribution is -0.114. The first-order valence-electron chi connectivity index (χ1n) is 7.02. The number of aryl methyl sites for hydroxylation is 1. The predicted octanol–water partition coefficient (Wildman–Crippen LogP) is 1.88. The highest BCUT2D eigenvalue weighted by atomic mass is 32.2. The molecule has 0 aliphatic carbocycles. The Morgan fingerprint density at radius 1 is 1.25 bits per heavy atom. The molecule has 0 radical (unpaired) electrons. The van der Waals surface area contributed by atoms with Gasteiger partial charge in [0.25, 0.3) is 0 Å². The Labute approximate surface area is 143 Å². The van der Waals surface area contributed by atoms with Gasteiger partial charge in [0.05, 0.1) is 30.0 Å². The van der Waals surface area contributed by atoms with E-state index in [1.165, 1.54) is 18.9 Å². The second-order valence-electron chi connectivity index (χ2n) is 4.87. The Morgan fingerprint density at radius 2 is 1.96 bits per heavy atom. The normalized spacial score (nSPS) is 10.2. The minimum absolute atomic E-state index is 0.113. The largest absolute Gasteiger partial charge is 0.497 e. The quantitative estimate of drug-likeness (QED) is 0.652. The van der Waals surface area contributed by atoms with Crippen LogP contribution < -0.4 is 21.1 Å². The van der Waals surface area contributed by atoms with Gasteiger partial charge in [0.2, 0.25) is 11.8 Å². The first kappa shape index (κ1) is 17.7. The molecule has 1 heterocycles. The summed E-state index contributed by atoms with van der Waals surface area (Å²) < 4.78 is 9.93. The number of nitrogen functional groups attached to an aromatic ring is 1. The number of methoxy groups -OCH3 is 1. The lowest BCUT2D eigenvalue weighted by Gasteiger charge is -2.09. The second kappa shape index (κ2) is 8.25. The van der Waals surface area contributed by atoms with Gasteiger partial charge in [0.1, 0.15) is 11.5 Å². The molecule has 0 saturated carbocycles. The molecule has 2 rings (SSSR count). The highest BCUT2D eigenvalue weighted by Gasteiger charge is 2.10. The van der Waals surface area contributed by atoms with E-state index < -0.39 is 0 Å². The molecule has 1 aromatic carbocycles. The van der Waals surface area contributed by atoms with Crippen molar-refractivity contribution in [2.45, 2.75) is 6.92 Å². The van der Waals surface area contributed by atoms with E-state index in [0.717, 1.165) is 0 Å². The maximum atomic E-state index is 11.9. The van der Waals surface area contributed by atoms with Gasteiger partial charge in [-0.25, -0.2) is 0 Å². The molecule has 0 saturated heterocycles. The van der Waals surface area contributed by atoms with Crippen molar-refractivity contribution in [3.05, 3.63) is 30.0 Å². The van der Waals surface area contributed by atoms with E-state index in [2.05, 4.69) is 15.8 Å². The smallest absolute Gasteiger partial charge is 0.235 e. The predicted molar refractivity (Wildman–Crippen MR) is 93.2 cm³/mol. The number of carbonyl (C=O) groups is 2. The highest BCUT2D eigenvalue weighted by molar-refractivity contribution is 8.00. The van der Waals surface area contributed by atoms with E-state index in [1.807, 2.05) is 0 Å². The number of hydrogen-bond acceptors (Lipinski definition) is 7. The molecule has 24 heavy (non-hydrogen) atoms. The third-order valence-corrected chi connectivity index (χ3v) is 3.83. The lowest BCUT2D eigenvalue weighted by atomic mass is 10.2. The summed E-state index contributed by atoms with van der Waals surface area (Å²) in [6.07, 6.45) is 0. The summed E-state index contributed by atoms with van der Waals surface area (Å²) in [5.74, 6) is 1.26. The number of ether oxygens (including phenoxy) is 1. The van der Waals surface area contributed by atoms with Gasteiger partial charge >= 0.3 is 0 Å². The van der Waals surface area contributed by atoms with Gasteiger partial charge in [-0.05, 0) is 19.1 Å². The van der Waals surface area contributed by atoms with Crippen LogP contribution in [0.3, 0.4) is 0 Å². The third-order valence-electron chi connectivity index (χ3n) is 2.90. The lowest BCUT2D eigenvalue weighted by Crippen LogP contribution is -2.19. The van der Waals surface area contributed by atoms with Crippen LogP contribution in [0.2, 0.25) is 0 Å². The van der Waals surface area contributed by atoms with Gasteiger partial charge in [-0.1, -0.05) is 5.16 Å². The zero-order chi connectivity index (χ0) is 17.5. The molecular weight excluding hydrogens is 332 g/mol. The molecule has 0 unspecified atom stereocenters. The summed E-state index contributed by atoms with van der Waals surface area (Å²) in [5.41, 5.74) is 6.71. The number of hydrogen-bond donors (Lipinski definition) is 3. The minimum atomic E-state index is -0.262. The van der Waals surface area contributed by atoms with Crippen LogP contribution in [0.25, 0.3) is 0 Å². The maximum Gasteiger partial charge on any atom is 0.235 e. The van der Waals surface area contributed by atoms with E-state index in [1.54, 1.807) is 31.2 Å². The summed E-state index contributed by atoms with van der Waals surface area (Å²) in [7, 11) is 1.53. The number of benzene rings is 1. The number of nitrogens with zero attached hydrogens (tertiary/aromatic N) is 1. The molecule has 9 heteroatoms. The molecule has 2 aromatic rings. The molecule has 0 aliphatic rings. The summed E-state index contributed by atoms with van der Waals surface area (Å²) in [6, 6.07) is 6.60. The van der Waals surface area contributed by atoms with Crippen molar-refractivity contribution in [3.63, 3.8) is 0 Å². The fourth-order valence-corrected chi connectivity index (χ4v) is 2.41. The number of amides is 2. The first-order chi connectivity index (χ1) is 11.5. The van der Waals surface area contributed by atoms with Crippen LogP contribution in [-0.4, -0.2) is 35.6 Å². The number of anilines is 3. The Morgan fingerprint density at radius 3 is 2.58 bits per heavy atom. The second-order valence-corrected chi connectivity index (χ2v) is 5.85. The van der Waals surface area contributed by atoms with Gasteiger partial charge < -0.3 is 25.6 Å². The van der Waals surface area contributed by atoms with E-state index in [-0.39, 0.29) is 23.3 Å². The Hall–Kier alpha value is -2.68. The average molecular weight is 350 g/mol.